The van der Waals surface area contributed by atoms with E-state index < -0.39 is 17.7 Å². The van der Waals surface area contributed by atoms with Crippen molar-refractivity contribution in [1.29, 1.82) is 0 Å². The van der Waals surface area contributed by atoms with Gasteiger partial charge in [-0.25, -0.2) is 4.98 Å². The van der Waals surface area contributed by atoms with E-state index in [1.165, 1.54) is 4.90 Å². The molecule has 1 unspecified atom stereocenters. The summed E-state index contributed by atoms with van der Waals surface area (Å²) in [5.74, 6) is -1.55. The van der Waals surface area contributed by atoms with Crippen molar-refractivity contribution < 1.29 is 14.7 Å². The van der Waals surface area contributed by atoms with Gasteiger partial charge in [-0.1, -0.05) is 26.0 Å². The smallest absolute Gasteiger partial charge is 0.296 e. The van der Waals surface area contributed by atoms with Crippen LogP contribution in [0.1, 0.15) is 25.5 Å². The molecule has 3 aromatic rings. The number of para-hydroxylation sites is 2. The zero-order valence-corrected chi connectivity index (χ0v) is 14.9. The van der Waals surface area contributed by atoms with E-state index in [4.69, 9.17) is 0 Å². The minimum Gasteiger partial charge on any atom is -0.503 e. The highest BCUT2D eigenvalue weighted by Crippen LogP contribution is 2.41. The van der Waals surface area contributed by atoms with Crippen LogP contribution in [-0.4, -0.2) is 31.7 Å². The average molecular weight is 362 g/mol. The molecule has 136 valence electrons. The van der Waals surface area contributed by atoms with Crippen molar-refractivity contribution in [3.8, 4) is 0 Å². The number of nitrogens with zero attached hydrogens (tertiary/aromatic N) is 3. The Morgan fingerprint density at radius 1 is 1.19 bits per heavy atom. The van der Waals surface area contributed by atoms with Gasteiger partial charge in [-0.15, -0.1) is 0 Å². The molecule has 0 fully saturated rings. The van der Waals surface area contributed by atoms with Crippen LogP contribution in [0.25, 0.3) is 11.0 Å². The number of fused-ring (bicyclic) bond motifs is 1. The Hall–Kier alpha value is -3.48. The average Bonchev–Trinajstić information content (AvgIpc) is 3.21. The van der Waals surface area contributed by atoms with Crippen LogP contribution in [0.3, 0.4) is 0 Å². The van der Waals surface area contributed by atoms with Crippen molar-refractivity contribution in [3.63, 3.8) is 0 Å². The fourth-order valence-corrected chi connectivity index (χ4v) is 3.30. The maximum Gasteiger partial charge on any atom is 0.296 e. The molecule has 3 heterocycles. The molecule has 1 aliphatic rings. The Labute approximate surface area is 155 Å². The third kappa shape index (κ3) is 2.68. The summed E-state index contributed by atoms with van der Waals surface area (Å²) >= 11 is 0. The van der Waals surface area contributed by atoms with E-state index in [9.17, 15) is 14.7 Å². The van der Waals surface area contributed by atoms with Crippen LogP contribution in [0.5, 0.6) is 0 Å². The number of aliphatic hydroxyl groups is 1. The quantitative estimate of drug-likeness (QED) is 0.743. The number of hydrogen-bond acceptors (Lipinski definition) is 5. The van der Waals surface area contributed by atoms with Crippen molar-refractivity contribution in [2.24, 2.45) is 5.92 Å². The highest BCUT2D eigenvalue weighted by molar-refractivity contribution is 6.16. The van der Waals surface area contributed by atoms with E-state index in [2.05, 4.69) is 15.0 Å². The lowest BCUT2D eigenvalue weighted by atomic mass is 9.92. The number of anilines is 1. The first-order valence-electron chi connectivity index (χ1n) is 8.64. The number of aromatic amines is 1. The molecular weight excluding hydrogens is 344 g/mol. The van der Waals surface area contributed by atoms with Gasteiger partial charge in [0.1, 0.15) is 0 Å². The van der Waals surface area contributed by atoms with Crippen LogP contribution in [-0.2, 0) is 9.59 Å². The SMILES string of the molecule is CC(C)C(=O)C1=C(O)C(=O)N(c2nc3ccccc3[nH]2)C1c1ccncc1. The van der Waals surface area contributed by atoms with Gasteiger partial charge < -0.3 is 10.1 Å². The topological polar surface area (TPSA) is 99.2 Å². The summed E-state index contributed by atoms with van der Waals surface area (Å²) in [6.07, 6.45) is 3.17. The Kier molecular flexibility index (Phi) is 3.99. The number of carbonyl (C=O) groups excluding carboxylic acids is 2. The molecule has 4 rings (SSSR count). The summed E-state index contributed by atoms with van der Waals surface area (Å²) in [4.78, 5) is 38.6. The summed E-state index contributed by atoms with van der Waals surface area (Å²) in [6, 6.07) is 10.1. The van der Waals surface area contributed by atoms with Gasteiger partial charge in [-0.3, -0.25) is 19.5 Å². The molecule has 1 atom stereocenters. The maximum absolute atomic E-state index is 12.9. The van der Waals surface area contributed by atoms with Crippen molar-refractivity contribution >= 4 is 28.7 Å². The van der Waals surface area contributed by atoms with Gasteiger partial charge in [-0.2, -0.15) is 0 Å². The lowest BCUT2D eigenvalue weighted by Gasteiger charge is -2.24. The van der Waals surface area contributed by atoms with E-state index in [0.29, 0.717) is 11.1 Å². The second-order valence-corrected chi connectivity index (χ2v) is 6.72. The number of aliphatic hydroxyl groups excluding tert-OH is 1. The molecular formula is C20H18N4O3. The summed E-state index contributed by atoms with van der Waals surface area (Å²) in [7, 11) is 0. The largest absolute Gasteiger partial charge is 0.503 e. The van der Waals surface area contributed by atoms with Gasteiger partial charge >= 0.3 is 0 Å². The second-order valence-electron chi connectivity index (χ2n) is 6.72. The van der Waals surface area contributed by atoms with Gasteiger partial charge in [0.05, 0.1) is 22.6 Å². The number of Topliss-reactive ketones (excluding diaryl/α,β-unsaturated/α-hetero) is 1. The van der Waals surface area contributed by atoms with E-state index in [-0.39, 0.29) is 23.2 Å². The predicted octanol–water partition coefficient (Wildman–Crippen LogP) is 3.08. The Bertz CT molecular complexity index is 1040. The maximum atomic E-state index is 12.9. The number of aromatic nitrogens is 3. The number of nitrogens with one attached hydrogen (secondary N) is 1. The zero-order chi connectivity index (χ0) is 19.1. The molecule has 7 nitrogen and oxygen atoms in total. The summed E-state index contributed by atoms with van der Waals surface area (Å²) in [5, 5.41) is 10.5. The van der Waals surface area contributed by atoms with Gasteiger partial charge in [0.25, 0.3) is 5.91 Å². The summed E-state index contributed by atoms with van der Waals surface area (Å²) < 4.78 is 0. The van der Waals surface area contributed by atoms with Crippen LogP contribution in [0, 0.1) is 5.92 Å². The molecule has 27 heavy (non-hydrogen) atoms. The number of H-pyrrole nitrogens is 1. The molecule has 0 radical (unpaired) electrons. The first kappa shape index (κ1) is 17.0. The fraction of sp³-hybridized carbons (Fsp3) is 0.200. The number of benzene rings is 1. The number of carbonyl (C=O) groups is 2. The van der Waals surface area contributed by atoms with Gasteiger partial charge in [0.2, 0.25) is 5.95 Å². The number of ketones is 1. The third-order valence-electron chi connectivity index (χ3n) is 4.62. The minimum absolute atomic E-state index is 0.0849. The monoisotopic (exact) mass is 362 g/mol. The standard InChI is InChI=1S/C20H18N4O3/c1-11(2)17(25)15-16(12-7-9-21-10-8-12)24(19(27)18(15)26)20-22-13-5-3-4-6-14(13)23-20/h3-11,16,26H,1-2H3,(H,22,23). The van der Waals surface area contributed by atoms with E-state index in [1.807, 2.05) is 24.3 Å². The van der Waals surface area contributed by atoms with E-state index in [0.717, 1.165) is 5.52 Å². The van der Waals surface area contributed by atoms with Crippen LogP contribution >= 0.6 is 0 Å². The second kappa shape index (κ2) is 6.35. The van der Waals surface area contributed by atoms with Crippen LogP contribution in [0.4, 0.5) is 5.95 Å². The molecule has 1 amide bonds. The van der Waals surface area contributed by atoms with Gasteiger partial charge in [0, 0.05) is 18.3 Å². The number of pyridine rings is 1. The molecule has 1 aliphatic heterocycles. The van der Waals surface area contributed by atoms with E-state index >= 15 is 0 Å². The number of rotatable bonds is 4. The zero-order valence-electron chi connectivity index (χ0n) is 14.9. The molecule has 0 saturated carbocycles. The van der Waals surface area contributed by atoms with Crippen molar-refractivity contribution in [3.05, 3.63) is 65.7 Å². The molecule has 0 spiro atoms. The highest BCUT2D eigenvalue weighted by atomic mass is 16.3. The van der Waals surface area contributed by atoms with Crippen molar-refractivity contribution in [2.45, 2.75) is 19.9 Å². The Morgan fingerprint density at radius 3 is 2.56 bits per heavy atom. The Morgan fingerprint density at radius 2 is 1.89 bits per heavy atom. The fourth-order valence-electron chi connectivity index (χ4n) is 3.30. The summed E-state index contributed by atoms with van der Waals surface area (Å²) in [5.41, 5.74) is 2.21. The normalized spacial score (nSPS) is 17.4. The van der Waals surface area contributed by atoms with Crippen LogP contribution in [0.15, 0.2) is 60.1 Å². The molecule has 0 saturated heterocycles. The first-order chi connectivity index (χ1) is 13.0. The van der Waals surface area contributed by atoms with Crippen LogP contribution in [0.2, 0.25) is 0 Å². The number of hydrogen-bond donors (Lipinski definition) is 2. The third-order valence-corrected chi connectivity index (χ3v) is 4.62. The molecule has 7 heteroatoms. The molecule has 2 aromatic heterocycles. The first-order valence-corrected chi connectivity index (χ1v) is 8.64. The molecule has 1 aromatic carbocycles. The molecule has 0 aliphatic carbocycles. The lowest BCUT2D eigenvalue weighted by molar-refractivity contribution is -0.119. The van der Waals surface area contributed by atoms with E-state index in [1.54, 1.807) is 38.4 Å². The predicted molar refractivity (Wildman–Crippen MR) is 100 cm³/mol. The summed E-state index contributed by atoms with van der Waals surface area (Å²) in [6.45, 7) is 3.47. The highest BCUT2D eigenvalue weighted by Gasteiger charge is 2.45. The number of amides is 1. The Balaban J connectivity index is 1.90. The molecule has 2 N–H and O–H groups in total. The van der Waals surface area contributed by atoms with Gasteiger partial charge in [-0.05, 0) is 29.8 Å². The number of imidazole rings is 1. The minimum atomic E-state index is -0.768. The van der Waals surface area contributed by atoms with Crippen LogP contribution < -0.4 is 4.90 Å². The van der Waals surface area contributed by atoms with Gasteiger partial charge in [0.15, 0.2) is 11.5 Å². The van der Waals surface area contributed by atoms with Crippen molar-refractivity contribution in [2.75, 3.05) is 4.90 Å². The molecule has 0 bridgehead atoms. The van der Waals surface area contributed by atoms with Crippen molar-refractivity contribution in [1.82, 2.24) is 15.0 Å². The lowest BCUT2D eigenvalue weighted by Crippen LogP contribution is -2.32.